The van der Waals surface area contributed by atoms with Crippen LogP contribution in [0.3, 0.4) is 0 Å². The first-order chi connectivity index (χ1) is 4.81. The van der Waals surface area contributed by atoms with Crippen molar-refractivity contribution in [3.05, 3.63) is 0 Å². The Morgan fingerprint density at radius 1 is 1.45 bits per heavy atom. The molecule has 0 aromatic rings. The number of unbranched alkanes of at least 4 members (excludes halogenated alkanes) is 1. The molecular weight excluding hydrogens is 436 g/mol. The van der Waals surface area contributed by atoms with Gasteiger partial charge in [0.1, 0.15) is 0 Å². The molecule has 0 atom stereocenters. The molecule has 0 aliphatic rings. The Morgan fingerprint density at radius 3 is 2.18 bits per heavy atom. The van der Waals surface area contributed by atoms with E-state index < -0.39 is 18.5 Å². The first-order valence-corrected chi connectivity index (χ1v) is 5.82. The molecule has 0 saturated carbocycles. The SMILES string of the molecule is CCCC[C](=O)[Mo]=[O].[O]=[W].[Ti]. The van der Waals surface area contributed by atoms with Crippen LogP contribution in [0.1, 0.15) is 26.2 Å². The smallest absolute Gasteiger partial charge is 0 e. The third-order valence-electron chi connectivity index (χ3n) is 0.827. The number of carbonyl (C=O) groups excluding carboxylic acids is 1. The van der Waals surface area contributed by atoms with Crippen molar-refractivity contribution in [1.82, 2.24) is 0 Å². The standard InChI is InChI=1S/C5H9O.Mo.2O.Ti.W/c1-2-3-4-5-6;;;;;/h2-4H2,1H3;;;;;. The summed E-state index contributed by atoms with van der Waals surface area (Å²) in [7, 11) is 0. The van der Waals surface area contributed by atoms with Gasteiger partial charge in [0, 0.05) is 21.7 Å². The second-order valence-electron chi connectivity index (χ2n) is 1.56. The summed E-state index contributed by atoms with van der Waals surface area (Å²) in [5, 5.41) is 0. The number of hydrogen-bond donors (Lipinski definition) is 0. The molecule has 11 heavy (non-hydrogen) atoms. The Hall–Kier alpha value is 1.36. The summed E-state index contributed by atoms with van der Waals surface area (Å²) in [6, 6.07) is 0. The van der Waals surface area contributed by atoms with E-state index in [1.807, 2.05) is 6.92 Å². The van der Waals surface area contributed by atoms with Gasteiger partial charge in [0.05, 0.1) is 0 Å². The third-order valence-corrected chi connectivity index (χ3v) is 1.79. The largest absolute Gasteiger partial charge is 0 e. The van der Waals surface area contributed by atoms with Gasteiger partial charge in [-0.3, -0.25) is 0 Å². The van der Waals surface area contributed by atoms with Crippen molar-refractivity contribution in [3.8, 4) is 0 Å². The summed E-state index contributed by atoms with van der Waals surface area (Å²) in [6.07, 6.45) is 2.44. The Morgan fingerprint density at radius 2 is 1.91 bits per heavy atom. The minimum atomic E-state index is -1.50. The fourth-order valence-corrected chi connectivity index (χ4v) is 0.922. The molecule has 0 saturated heterocycles. The van der Waals surface area contributed by atoms with E-state index in [9.17, 15) is 8.19 Å². The average Bonchev–Trinajstić information content (AvgIpc) is 2.04. The predicted octanol–water partition coefficient (Wildman–Crippen LogP) is 1.01. The average molecular weight is 445 g/mol. The number of rotatable bonds is 4. The molecule has 3 nitrogen and oxygen atoms in total. The van der Waals surface area contributed by atoms with Gasteiger partial charge in [0.15, 0.2) is 0 Å². The normalized spacial score (nSPS) is 6.64. The molecule has 0 unspecified atom stereocenters. The van der Waals surface area contributed by atoms with Crippen LogP contribution in [-0.2, 0) is 71.6 Å². The van der Waals surface area contributed by atoms with E-state index in [-0.39, 0.29) is 25.9 Å². The van der Waals surface area contributed by atoms with Gasteiger partial charge in [-0.2, -0.15) is 0 Å². The van der Waals surface area contributed by atoms with Gasteiger partial charge >= 0.3 is 80.3 Å². The zero-order valence-corrected chi connectivity index (χ0v) is 12.7. The molecule has 0 amide bonds. The molecule has 0 aromatic carbocycles. The maximum absolute atomic E-state index is 10.3. The van der Waals surface area contributed by atoms with Gasteiger partial charge in [0.25, 0.3) is 0 Å². The van der Waals surface area contributed by atoms with E-state index in [0.717, 1.165) is 12.8 Å². The van der Waals surface area contributed by atoms with Crippen LogP contribution < -0.4 is 0 Å². The molecule has 6 heteroatoms. The van der Waals surface area contributed by atoms with Crippen molar-refractivity contribution in [2.75, 3.05) is 0 Å². The van der Waals surface area contributed by atoms with E-state index in [1.54, 1.807) is 0 Å². The second kappa shape index (κ2) is 17.4. The van der Waals surface area contributed by atoms with E-state index in [0.29, 0.717) is 26.2 Å². The summed E-state index contributed by atoms with van der Waals surface area (Å²) in [4.78, 5) is 10.3. The van der Waals surface area contributed by atoms with E-state index in [2.05, 4.69) is 0 Å². The molecule has 63 valence electrons. The Balaban J connectivity index is -0.000000196. The van der Waals surface area contributed by atoms with Crippen molar-refractivity contribution >= 4 is 4.17 Å². The van der Waals surface area contributed by atoms with Crippen LogP contribution in [0.4, 0.5) is 0 Å². The van der Waals surface area contributed by atoms with Crippen LogP contribution in [0, 0.1) is 0 Å². The van der Waals surface area contributed by atoms with Crippen molar-refractivity contribution in [2.24, 2.45) is 0 Å². The zero-order valence-electron chi connectivity index (χ0n) is 6.16. The minimum Gasteiger partial charge on any atom is 0 e. The zero-order chi connectivity index (χ0) is 8.41. The summed E-state index contributed by atoms with van der Waals surface area (Å²) >= 11 is -1.17. The van der Waals surface area contributed by atoms with Gasteiger partial charge in [-0.25, -0.2) is 0 Å². The van der Waals surface area contributed by atoms with Crippen molar-refractivity contribution in [2.45, 2.75) is 26.2 Å². The van der Waals surface area contributed by atoms with E-state index in [1.165, 1.54) is 0 Å². The van der Waals surface area contributed by atoms with Gasteiger partial charge in [-0.1, -0.05) is 0 Å². The van der Waals surface area contributed by atoms with Gasteiger partial charge in [-0.05, 0) is 0 Å². The van der Waals surface area contributed by atoms with E-state index in [4.69, 9.17) is 3.40 Å². The van der Waals surface area contributed by atoms with Crippen LogP contribution in [-0.4, -0.2) is 4.17 Å². The third kappa shape index (κ3) is 18.4. The summed E-state index contributed by atoms with van der Waals surface area (Å²) in [5.41, 5.74) is 0. The molecule has 0 aliphatic carbocycles. The maximum atomic E-state index is 10.3. The predicted molar refractivity (Wildman–Crippen MR) is 25.9 cm³/mol. The van der Waals surface area contributed by atoms with Crippen molar-refractivity contribution in [3.63, 3.8) is 0 Å². The summed E-state index contributed by atoms with van der Waals surface area (Å²) in [6.45, 7) is 2.01. The van der Waals surface area contributed by atoms with Crippen LogP contribution in [0.25, 0.3) is 0 Å². The van der Waals surface area contributed by atoms with Gasteiger partial charge < -0.3 is 0 Å². The molecule has 0 N–H and O–H groups in total. The fraction of sp³-hybridized carbons (Fsp3) is 0.800. The Bertz CT molecular complexity index is 112. The monoisotopic (exact) mass is 447 g/mol. The van der Waals surface area contributed by atoms with Crippen molar-refractivity contribution in [1.29, 1.82) is 0 Å². The quantitative estimate of drug-likeness (QED) is 0.608. The van der Waals surface area contributed by atoms with Gasteiger partial charge in [0.2, 0.25) is 0 Å². The molecule has 0 heterocycles. The topological polar surface area (TPSA) is 51.2 Å². The van der Waals surface area contributed by atoms with E-state index >= 15 is 0 Å². The second-order valence-corrected chi connectivity index (χ2v) is 3.09. The molecule has 0 fully saturated rings. The molecule has 0 rings (SSSR count). The first-order valence-electron chi connectivity index (χ1n) is 2.80. The molecule has 0 aromatic heterocycles. The molecular formula is C5H9MoO3TiW. The van der Waals surface area contributed by atoms with Gasteiger partial charge in [-0.15, -0.1) is 0 Å². The Labute approximate surface area is 101 Å². The van der Waals surface area contributed by atoms with Crippen molar-refractivity contribution < 1.29 is 71.6 Å². The van der Waals surface area contributed by atoms with Crippen LogP contribution in [0.5, 0.6) is 0 Å². The van der Waals surface area contributed by atoms with Crippen LogP contribution >= 0.6 is 0 Å². The molecule has 0 bridgehead atoms. The minimum absolute atomic E-state index is 0. The summed E-state index contributed by atoms with van der Waals surface area (Å²) in [5.74, 6) is 0. The maximum Gasteiger partial charge on any atom is 0 e. The van der Waals surface area contributed by atoms with Crippen LogP contribution in [0.2, 0.25) is 0 Å². The van der Waals surface area contributed by atoms with Crippen LogP contribution in [0.15, 0.2) is 0 Å². The number of hydrogen-bond acceptors (Lipinski definition) is 3. The fourth-order valence-electron chi connectivity index (χ4n) is 0.363. The molecule has 0 aliphatic heterocycles. The summed E-state index contributed by atoms with van der Waals surface area (Å²) < 4.78 is 18.2. The Kier molecular flexibility index (Phi) is 28.9. The number of carbonyl (C=O) groups is 1. The first kappa shape index (κ1) is 18.2. The molecule has 0 spiro atoms. The molecule has 0 radical (unpaired) electrons.